The van der Waals surface area contributed by atoms with Gasteiger partial charge in [0.15, 0.2) is 11.5 Å². The third-order valence-electron chi connectivity index (χ3n) is 6.68. The maximum Gasteiger partial charge on any atom is 0.328 e. The number of urea groups is 1. The molecule has 2 saturated heterocycles. The maximum absolute atomic E-state index is 13.5. The van der Waals surface area contributed by atoms with Crippen molar-refractivity contribution in [1.29, 1.82) is 0 Å². The Morgan fingerprint density at radius 3 is 2.50 bits per heavy atom. The van der Waals surface area contributed by atoms with E-state index in [0.29, 0.717) is 32.6 Å². The van der Waals surface area contributed by atoms with Gasteiger partial charge in [0.2, 0.25) is 0 Å². The standard InChI is InChI=1S/C24H28N4O4/c1-2-28-23(30)27(17-19-5-3-4-10-25-19)22(29)24(28)8-11-26(12-9-24)16-18-6-7-20-21(15-18)32-14-13-31-20/h3-7,10,15H,2,8-9,11-14,16-17H2,1H3. The molecule has 8 nitrogen and oxygen atoms in total. The number of carbonyl (C=O) groups excluding carboxylic acids is 2. The zero-order valence-corrected chi connectivity index (χ0v) is 18.3. The highest BCUT2D eigenvalue weighted by molar-refractivity contribution is 6.07. The number of fused-ring (bicyclic) bond motifs is 1. The molecule has 0 atom stereocenters. The summed E-state index contributed by atoms with van der Waals surface area (Å²) in [5.74, 6) is 1.49. The summed E-state index contributed by atoms with van der Waals surface area (Å²) in [4.78, 5) is 36.3. The number of ether oxygens (including phenoxy) is 2. The zero-order chi connectivity index (χ0) is 22.1. The minimum absolute atomic E-state index is 0.0889. The van der Waals surface area contributed by atoms with E-state index in [-0.39, 0.29) is 18.5 Å². The lowest BCUT2D eigenvalue weighted by atomic mass is 9.85. The first-order valence-electron chi connectivity index (χ1n) is 11.2. The molecule has 1 aromatic carbocycles. The second kappa shape index (κ2) is 8.43. The van der Waals surface area contributed by atoms with Gasteiger partial charge in [0.1, 0.15) is 18.8 Å². The molecule has 0 bridgehead atoms. The Kier molecular flexibility index (Phi) is 5.46. The molecule has 0 N–H and O–H groups in total. The molecule has 1 aromatic heterocycles. The van der Waals surface area contributed by atoms with E-state index in [9.17, 15) is 9.59 Å². The molecular weight excluding hydrogens is 408 g/mol. The van der Waals surface area contributed by atoms with E-state index in [1.165, 1.54) is 4.90 Å². The average molecular weight is 437 g/mol. The van der Waals surface area contributed by atoms with Crippen LogP contribution in [0.3, 0.4) is 0 Å². The van der Waals surface area contributed by atoms with Crippen molar-refractivity contribution in [2.45, 2.75) is 38.4 Å². The summed E-state index contributed by atoms with van der Waals surface area (Å²) in [7, 11) is 0. The second-order valence-corrected chi connectivity index (χ2v) is 8.52. The van der Waals surface area contributed by atoms with Crippen molar-refractivity contribution in [3.05, 3.63) is 53.9 Å². The summed E-state index contributed by atoms with van der Waals surface area (Å²) >= 11 is 0. The van der Waals surface area contributed by atoms with Gasteiger partial charge in [-0.2, -0.15) is 0 Å². The fraction of sp³-hybridized carbons (Fsp3) is 0.458. The Hall–Kier alpha value is -3.13. The van der Waals surface area contributed by atoms with Crippen LogP contribution in [0.2, 0.25) is 0 Å². The fourth-order valence-corrected chi connectivity index (χ4v) is 5.02. The number of amides is 3. The number of rotatable bonds is 5. The molecule has 0 unspecified atom stereocenters. The first-order chi connectivity index (χ1) is 15.6. The predicted molar refractivity (Wildman–Crippen MR) is 117 cm³/mol. The molecule has 2 aromatic rings. The Balaban J connectivity index is 1.28. The van der Waals surface area contributed by atoms with Crippen molar-refractivity contribution in [3.63, 3.8) is 0 Å². The van der Waals surface area contributed by atoms with Gasteiger partial charge in [-0.1, -0.05) is 12.1 Å². The quantitative estimate of drug-likeness (QED) is 0.671. The molecule has 3 aliphatic rings. The maximum atomic E-state index is 13.5. The van der Waals surface area contributed by atoms with E-state index in [1.807, 2.05) is 37.3 Å². The fourth-order valence-electron chi connectivity index (χ4n) is 5.02. The van der Waals surface area contributed by atoms with Crippen LogP contribution in [0.5, 0.6) is 11.5 Å². The Morgan fingerprint density at radius 2 is 1.78 bits per heavy atom. The molecule has 8 heteroatoms. The molecular formula is C24H28N4O4. The number of nitrogens with zero attached hydrogens (tertiary/aromatic N) is 4. The summed E-state index contributed by atoms with van der Waals surface area (Å²) in [6.07, 6.45) is 2.95. The summed E-state index contributed by atoms with van der Waals surface area (Å²) in [6.45, 7) is 6.11. The topological polar surface area (TPSA) is 75.2 Å². The number of likely N-dealkylation sites (N-methyl/N-ethyl adjacent to an activating group) is 1. The van der Waals surface area contributed by atoms with Crippen LogP contribution >= 0.6 is 0 Å². The highest BCUT2D eigenvalue weighted by atomic mass is 16.6. The van der Waals surface area contributed by atoms with Crippen molar-refractivity contribution in [2.24, 2.45) is 0 Å². The van der Waals surface area contributed by atoms with Crippen LogP contribution in [0.15, 0.2) is 42.6 Å². The van der Waals surface area contributed by atoms with Gasteiger partial charge in [-0.3, -0.25) is 19.6 Å². The number of hydrogen-bond donors (Lipinski definition) is 0. The van der Waals surface area contributed by atoms with Crippen molar-refractivity contribution >= 4 is 11.9 Å². The van der Waals surface area contributed by atoms with Crippen LogP contribution in [-0.4, -0.2) is 70.0 Å². The Morgan fingerprint density at radius 1 is 1.00 bits per heavy atom. The molecule has 1 spiro atoms. The number of pyridine rings is 1. The van der Waals surface area contributed by atoms with Crippen molar-refractivity contribution < 1.29 is 19.1 Å². The average Bonchev–Trinajstić information content (AvgIpc) is 3.02. The highest BCUT2D eigenvalue weighted by Gasteiger charge is 2.57. The van der Waals surface area contributed by atoms with Gasteiger partial charge in [0.05, 0.1) is 12.2 Å². The van der Waals surface area contributed by atoms with Crippen molar-refractivity contribution in [1.82, 2.24) is 19.7 Å². The molecule has 2 fully saturated rings. The van der Waals surface area contributed by atoms with Crippen LogP contribution in [0.25, 0.3) is 0 Å². The third kappa shape index (κ3) is 3.58. The molecule has 32 heavy (non-hydrogen) atoms. The van der Waals surface area contributed by atoms with Gasteiger partial charge in [0.25, 0.3) is 5.91 Å². The number of imide groups is 1. The van der Waals surface area contributed by atoms with Gasteiger partial charge in [-0.25, -0.2) is 4.79 Å². The Labute approximate surface area is 187 Å². The number of likely N-dealkylation sites (tertiary alicyclic amines) is 1. The van der Waals surface area contributed by atoms with Gasteiger partial charge in [-0.15, -0.1) is 0 Å². The van der Waals surface area contributed by atoms with Crippen molar-refractivity contribution in [2.75, 3.05) is 32.8 Å². The normalized spacial score (nSPS) is 20.3. The number of benzene rings is 1. The molecule has 3 amide bonds. The second-order valence-electron chi connectivity index (χ2n) is 8.52. The summed E-state index contributed by atoms with van der Waals surface area (Å²) in [6, 6.07) is 11.4. The van der Waals surface area contributed by atoms with E-state index < -0.39 is 5.54 Å². The lowest BCUT2D eigenvalue weighted by Gasteiger charge is -2.42. The van der Waals surface area contributed by atoms with E-state index >= 15 is 0 Å². The van der Waals surface area contributed by atoms with Gasteiger partial charge in [0, 0.05) is 32.4 Å². The number of carbonyl (C=O) groups is 2. The molecule has 3 aliphatic heterocycles. The lowest BCUT2D eigenvalue weighted by Crippen LogP contribution is -2.56. The van der Waals surface area contributed by atoms with Gasteiger partial charge < -0.3 is 14.4 Å². The summed E-state index contributed by atoms with van der Waals surface area (Å²) in [5, 5.41) is 0. The van der Waals surface area contributed by atoms with E-state index in [0.717, 1.165) is 42.4 Å². The van der Waals surface area contributed by atoms with Crippen molar-refractivity contribution in [3.8, 4) is 11.5 Å². The Bertz CT molecular complexity index is 1000. The highest BCUT2D eigenvalue weighted by Crippen LogP contribution is 2.38. The minimum Gasteiger partial charge on any atom is -0.486 e. The number of aromatic nitrogens is 1. The van der Waals surface area contributed by atoms with Crippen LogP contribution in [0.1, 0.15) is 31.0 Å². The molecule has 5 rings (SSSR count). The van der Waals surface area contributed by atoms with Crippen LogP contribution < -0.4 is 9.47 Å². The van der Waals surface area contributed by atoms with E-state index in [4.69, 9.17) is 9.47 Å². The predicted octanol–water partition coefficient (Wildman–Crippen LogP) is 2.67. The monoisotopic (exact) mass is 436 g/mol. The molecule has 168 valence electrons. The zero-order valence-electron chi connectivity index (χ0n) is 18.3. The molecule has 0 radical (unpaired) electrons. The largest absolute Gasteiger partial charge is 0.486 e. The first kappa shape index (κ1) is 20.8. The smallest absolute Gasteiger partial charge is 0.328 e. The van der Waals surface area contributed by atoms with Crippen LogP contribution in [-0.2, 0) is 17.9 Å². The lowest BCUT2D eigenvalue weighted by molar-refractivity contribution is -0.136. The molecule has 0 saturated carbocycles. The van der Waals surface area contributed by atoms with E-state index in [1.54, 1.807) is 11.1 Å². The van der Waals surface area contributed by atoms with Crippen LogP contribution in [0, 0.1) is 0 Å². The molecule has 0 aliphatic carbocycles. The number of piperidine rings is 1. The summed E-state index contributed by atoms with van der Waals surface area (Å²) < 4.78 is 11.3. The van der Waals surface area contributed by atoms with Crippen LogP contribution in [0.4, 0.5) is 4.79 Å². The molecule has 4 heterocycles. The minimum atomic E-state index is -0.746. The third-order valence-corrected chi connectivity index (χ3v) is 6.68. The van der Waals surface area contributed by atoms with Gasteiger partial charge >= 0.3 is 6.03 Å². The van der Waals surface area contributed by atoms with Gasteiger partial charge in [-0.05, 0) is 49.6 Å². The van der Waals surface area contributed by atoms with E-state index in [2.05, 4.69) is 16.0 Å². The first-order valence-corrected chi connectivity index (χ1v) is 11.2. The summed E-state index contributed by atoms with van der Waals surface area (Å²) in [5.41, 5.74) is 1.13. The SMILES string of the molecule is CCN1C(=O)N(Cc2ccccn2)C(=O)C12CCN(Cc1ccc3c(c1)OCCO3)CC2. The number of hydrogen-bond acceptors (Lipinski definition) is 6.